The van der Waals surface area contributed by atoms with E-state index in [-0.39, 0.29) is 17.8 Å². The summed E-state index contributed by atoms with van der Waals surface area (Å²) in [4.78, 5) is 0. The lowest BCUT2D eigenvalue weighted by molar-refractivity contribution is -0.178. The molecule has 3 heteroatoms. The first kappa shape index (κ1) is 12.0. The highest BCUT2D eigenvalue weighted by atomic mass is 16.6. The van der Waals surface area contributed by atoms with E-state index in [0.717, 1.165) is 13.0 Å². The Balaban J connectivity index is 2.37. The summed E-state index contributed by atoms with van der Waals surface area (Å²) in [5.74, 6) is 0. The van der Waals surface area contributed by atoms with E-state index >= 15 is 0 Å². The summed E-state index contributed by atoms with van der Waals surface area (Å²) in [6.07, 6.45) is 1.53. The molecular weight excluding hydrogens is 178 g/mol. The molecule has 0 aromatic carbocycles. The van der Waals surface area contributed by atoms with Crippen LogP contribution < -0.4 is 5.32 Å². The van der Waals surface area contributed by atoms with E-state index in [1.54, 1.807) is 7.11 Å². The molecule has 1 saturated carbocycles. The van der Waals surface area contributed by atoms with Crippen LogP contribution in [0.5, 0.6) is 0 Å². The van der Waals surface area contributed by atoms with Gasteiger partial charge in [0, 0.05) is 13.2 Å². The monoisotopic (exact) mass is 201 g/mol. The molecule has 0 aromatic rings. The third kappa shape index (κ3) is 2.94. The van der Waals surface area contributed by atoms with Crippen molar-refractivity contribution in [3.63, 3.8) is 0 Å². The Morgan fingerprint density at radius 2 is 2.00 bits per heavy atom. The molecule has 3 nitrogen and oxygen atoms in total. The van der Waals surface area contributed by atoms with Gasteiger partial charge in [-0.1, -0.05) is 6.92 Å². The molecule has 1 aliphatic carbocycles. The van der Waals surface area contributed by atoms with Gasteiger partial charge in [0.15, 0.2) is 0 Å². The van der Waals surface area contributed by atoms with Crippen molar-refractivity contribution in [2.75, 3.05) is 13.7 Å². The second-order valence-corrected chi connectivity index (χ2v) is 4.87. The molecule has 0 amide bonds. The number of methoxy groups -OCH3 is 1. The summed E-state index contributed by atoms with van der Waals surface area (Å²) in [5.41, 5.74) is -0.0708. The van der Waals surface area contributed by atoms with Gasteiger partial charge in [0.05, 0.1) is 17.8 Å². The molecule has 1 aliphatic rings. The van der Waals surface area contributed by atoms with Crippen LogP contribution in [0.15, 0.2) is 0 Å². The molecule has 0 radical (unpaired) electrons. The lowest BCUT2D eigenvalue weighted by Gasteiger charge is -2.46. The van der Waals surface area contributed by atoms with Gasteiger partial charge in [-0.3, -0.25) is 0 Å². The summed E-state index contributed by atoms with van der Waals surface area (Å²) in [5, 5.41) is 3.39. The van der Waals surface area contributed by atoms with Gasteiger partial charge in [0.1, 0.15) is 0 Å². The Morgan fingerprint density at radius 1 is 1.36 bits per heavy atom. The lowest BCUT2D eigenvalue weighted by atomic mass is 9.84. The second kappa shape index (κ2) is 4.60. The summed E-state index contributed by atoms with van der Waals surface area (Å²) in [6, 6.07) is 0.470. The molecule has 0 aromatic heterocycles. The van der Waals surface area contributed by atoms with Crippen molar-refractivity contribution in [1.29, 1.82) is 0 Å². The number of nitrogens with one attached hydrogen (secondary N) is 1. The molecule has 1 fully saturated rings. The number of ether oxygens (including phenoxy) is 2. The Kier molecular flexibility index (Phi) is 3.93. The van der Waals surface area contributed by atoms with Crippen LogP contribution in [0.4, 0.5) is 0 Å². The molecule has 0 saturated heterocycles. The van der Waals surface area contributed by atoms with Gasteiger partial charge in [-0.15, -0.1) is 0 Å². The maximum atomic E-state index is 5.89. The molecule has 0 heterocycles. The van der Waals surface area contributed by atoms with E-state index in [9.17, 15) is 0 Å². The van der Waals surface area contributed by atoms with Crippen molar-refractivity contribution < 1.29 is 9.47 Å². The minimum atomic E-state index is -0.0708. The average molecular weight is 201 g/mol. The van der Waals surface area contributed by atoms with Crippen LogP contribution in [-0.2, 0) is 9.47 Å². The fraction of sp³-hybridized carbons (Fsp3) is 1.00. The summed E-state index contributed by atoms with van der Waals surface area (Å²) >= 11 is 0. The van der Waals surface area contributed by atoms with Crippen LogP contribution >= 0.6 is 0 Å². The Bertz CT molecular complexity index is 177. The van der Waals surface area contributed by atoms with Gasteiger partial charge < -0.3 is 14.8 Å². The molecule has 0 spiro atoms. The zero-order valence-electron chi connectivity index (χ0n) is 9.96. The van der Waals surface area contributed by atoms with Crippen LogP contribution in [-0.4, -0.2) is 37.5 Å². The summed E-state index contributed by atoms with van der Waals surface area (Å²) in [6.45, 7) is 9.36. The maximum absolute atomic E-state index is 5.89. The van der Waals surface area contributed by atoms with Gasteiger partial charge >= 0.3 is 0 Å². The smallest absolute Gasteiger partial charge is 0.0987 e. The number of rotatable bonds is 4. The molecule has 1 rings (SSSR count). The SMILES string of the molecule is CCNC1CC(OC(C)(C)C)C1OC. The van der Waals surface area contributed by atoms with Gasteiger partial charge in [-0.05, 0) is 33.7 Å². The quantitative estimate of drug-likeness (QED) is 0.749. The topological polar surface area (TPSA) is 30.5 Å². The van der Waals surface area contributed by atoms with Gasteiger partial charge in [0.25, 0.3) is 0 Å². The Morgan fingerprint density at radius 3 is 2.43 bits per heavy atom. The largest absolute Gasteiger partial charge is 0.377 e. The van der Waals surface area contributed by atoms with Crippen LogP contribution in [0.1, 0.15) is 34.1 Å². The van der Waals surface area contributed by atoms with Gasteiger partial charge in [0.2, 0.25) is 0 Å². The molecule has 0 aliphatic heterocycles. The summed E-state index contributed by atoms with van der Waals surface area (Å²) in [7, 11) is 1.76. The molecule has 1 N–H and O–H groups in total. The highest BCUT2D eigenvalue weighted by molar-refractivity contribution is 4.97. The molecule has 0 bridgehead atoms. The van der Waals surface area contributed by atoms with E-state index in [2.05, 4.69) is 33.0 Å². The second-order valence-electron chi connectivity index (χ2n) is 4.87. The first-order valence-corrected chi connectivity index (χ1v) is 5.42. The molecular formula is C11H23NO2. The predicted octanol–water partition coefficient (Wildman–Crippen LogP) is 1.57. The van der Waals surface area contributed by atoms with E-state index in [4.69, 9.17) is 9.47 Å². The van der Waals surface area contributed by atoms with E-state index in [0.29, 0.717) is 6.04 Å². The zero-order valence-corrected chi connectivity index (χ0v) is 9.96. The number of hydrogen-bond acceptors (Lipinski definition) is 3. The van der Waals surface area contributed by atoms with E-state index in [1.165, 1.54) is 0 Å². The van der Waals surface area contributed by atoms with Crippen molar-refractivity contribution in [1.82, 2.24) is 5.32 Å². The van der Waals surface area contributed by atoms with Gasteiger partial charge in [-0.25, -0.2) is 0 Å². The van der Waals surface area contributed by atoms with Crippen LogP contribution in [0.2, 0.25) is 0 Å². The normalized spacial score (nSPS) is 32.8. The average Bonchev–Trinajstić information content (AvgIpc) is 2.01. The highest BCUT2D eigenvalue weighted by Gasteiger charge is 2.43. The first-order chi connectivity index (χ1) is 6.48. The molecule has 3 unspecified atom stereocenters. The van der Waals surface area contributed by atoms with Crippen molar-refractivity contribution in [2.24, 2.45) is 0 Å². The fourth-order valence-electron chi connectivity index (χ4n) is 1.93. The van der Waals surface area contributed by atoms with Crippen molar-refractivity contribution >= 4 is 0 Å². The van der Waals surface area contributed by atoms with Crippen molar-refractivity contribution in [3.8, 4) is 0 Å². The lowest BCUT2D eigenvalue weighted by Crippen LogP contribution is -2.61. The van der Waals surface area contributed by atoms with Crippen molar-refractivity contribution in [3.05, 3.63) is 0 Å². The fourth-order valence-corrected chi connectivity index (χ4v) is 1.93. The van der Waals surface area contributed by atoms with Crippen LogP contribution in [0.3, 0.4) is 0 Å². The number of hydrogen-bond donors (Lipinski definition) is 1. The molecule has 14 heavy (non-hydrogen) atoms. The maximum Gasteiger partial charge on any atom is 0.0987 e. The van der Waals surface area contributed by atoms with Crippen LogP contribution in [0.25, 0.3) is 0 Å². The standard InChI is InChI=1S/C11H23NO2/c1-6-12-8-7-9(10(8)13-5)14-11(2,3)4/h8-10,12H,6-7H2,1-5H3. The minimum Gasteiger partial charge on any atom is -0.377 e. The number of likely N-dealkylation sites (N-methyl/N-ethyl adjacent to an activating group) is 1. The summed E-state index contributed by atoms with van der Waals surface area (Å²) < 4.78 is 11.3. The van der Waals surface area contributed by atoms with E-state index < -0.39 is 0 Å². The van der Waals surface area contributed by atoms with Gasteiger partial charge in [-0.2, -0.15) is 0 Å². The third-order valence-corrected chi connectivity index (χ3v) is 2.49. The zero-order chi connectivity index (χ0) is 10.8. The predicted molar refractivity (Wildman–Crippen MR) is 57.5 cm³/mol. The molecule has 3 atom stereocenters. The Labute approximate surface area is 87.2 Å². The molecule has 84 valence electrons. The highest BCUT2D eigenvalue weighted by Crippen LogP contribution is 2.30. The first-order valence-electron chi connectivity index (χ1n) is 5.42. The third-order valence-electron chi connectivity index (χ3n) is 2.49. The van der Waals surface area contributed by atoms with Crippen molar-refractivity contribution in [2.45, 2.75) is 58.0 Å². The van der Waals surface area contributed by atoms with Crippen LogP contribution in [0, 0.1) is 0 Å². The van der Waals surface area contributed by atoms with E-state index in [1.807, 2.05) is 0 Å². The minimum absolute atomic E-state index is 0.0708. The Hall–Kier alpha value is -0.120.